The monoisotopic (exact) mass is 308 g/mol. The van der Waals surface area contributed by atoms with Crippen LogP contribution in [0.1, 0.15) is 34.5 Å². The van der Waals surface area contributed by atoms with Crippen molar-refractivity contribution < 1.29 is 4.79 Å². The third-order valence-corrected chi connectivity index (χ3v) is 4.81. The summed E-state index contributed by atoms with van der Waals surface area (Å²) in [6, 6.07) is 18.8. The van der Waals surface area contributed by atoms with E-state index in [-0.39, 0.29) is 5.91 Å². The highest BCUT2D eigenvalue weighted by Crippen LogP contribution is 2.22. The van der Waals surface area contributed by atoms with Crippen molar-refractivity contribution >= 4 is 5.91 Å². The van der Waals surface area contributed by atoms with Crippen LogP contribution in [0.25, 0.3) is 0 Å². The van der Waals surface area contributed by atoms with Crippen LogP contribution in [-0.4, -0.2) is 41.9 Å². The Balaban J connectivity index is 1.62. The van der Waals surface area contributed by atoms with Gasteiger partial charge in [-0.1, -0.05) is 48.5 Å². The molecule has 0 spiro atoms. The molecule has 0 bridgehead atoms. The van der Waals surface area contributed by atoms with E-state index in [2.05, 4.69) is 42.2 Å². The first-order valence-electron chi connectivity index (χ1n) is 8.30. The van der Waals surface area contributed by atoms with Crippen molar-refractivity contribution in [3.05, 3.63) is 71.3 Å². The van der Waals surface area contributed by atoms with E-state index in [1.165, 1.54) is 5.56 Å². The Labute approximate surface area is 138 Å². The Bertz CT molecular complexity index is 660. The number of carbonyl (C=O) groups is 1. The van der Waals surface area contributed by atoms with Gasteiger partial charge in [0.25, 0.3) is 5.91 Å². The predicted molar refractivity (Wildman–Crippen MR) is 93.5 cm³/mol. The van der Waals surface area contributed by atoms with Crippen molar-refractivity contribution in [3.63, 3.8) is 0 Å². The summed E-state index contributed by atoms with van der Waals surface area (Å²) in [5.41, 5.74) is 3.22. The summed E-state index contributed by atoms with van der Waals surface area (Å²) < 4.78 is 0. The minimum Gasteiger partial charge on any atom is -0.336 e. The summed E-state index contributed by atoms with van der Waals surface area (Å²) in [5.74, 6) is 0.162. The lowest BCUT2D eigenvalue weighted by atomic mass is 10.1. The van der Waals surface area contributed by atoms with Crippen LogP contribution in [0, 0.1) is 6.92 Å². The van der Waals surface area contributed by atoms with Crippen LogP contribution in [-0.2, 0) is 0 Å². The topological polar surface area (TPSA) is 23.6 Å². The van der Waals surface area contributed by atoms with E-state index in [4.69, 9.17) is 0 Å². The minimum atomic E-state index is 0.162. The Morgan fingerprint density at radius 1 is 0.913 bits per heavy atom. The second-order valence-corrected chi connectivity index (χ2v) is 6.23. The number of aryl methyl sites for hydroxylation is 1. The molecule has 1 heterocycles. The zero-order chi connectivity index (χ0) is 16.2. The highest BCUT2D eigenvalue weighted by Gasteiger charge is 2.25. The van der Waals surface area contributed by atoms with E-state index >= 15 is 0 Å². The lowest BCUT2D eigenvalue weighted by Crippen LogP contribution is -2.49. The van der Waals surface area contributed by atoms with E-state index in [1.807, 2.05) is 36.1 Å². The molecular formula is C20H24N2O. The maximum absolute atomic E-state index is 12.7. The van der Waals surface area contributed by atoms with Crippen LogP contribution in [0.3, 0.4) is 0 Å². The largest absolute Gasteiger partial charge is 0.336 e. The summed E-state index contributed by atoms with van der Waals surface area (Å²) in [6.07, 6.45) is 0. The third kappa shape index (κ3) is 3.45. The van der Waals surface area contributed by atoms with Crippen molar-refractivity contribution in [2.75, 3.05) is 26.2 Å². The number of carbonyl (C=O) groups excluding carboxylic acids is 1. The normalized spacial score (nSPS) is 17.0. The molecule has 2 aromatic carbocycles. The van der Waals surface area contributed by atoms with Gasteiger partial charge in [0.05, 0.1) is 0 Å². The van der Waals surface area contributed by atoms with Gasteiger partial charge in [-0.2, -0.15) is 0 Å². The lowest BCUT2D eigenvalue weighted by Gasteiger charge is -2.38. The zero-order valence-electron chi connectivity index (χ0n) is 13.9. The van der Waals surface area contributed by atoms with Gasteiger partial charge in [-0.15, -0.1) is 0 Å². The van der Waals surface area contributed by atoms with Crippen LogP contribution in [0.15, 0.2) is 54.6 Å². The van der Waals surface area contributed by atoms with Crippen LogP contribution >= 0.6 is 0 Å². The molecule has 23 heavy (non-hydrogen) atoms. The quantitative estimate of drug-likeness (QED) is 0.866. The van der Waals surface area contributed by atoms with E-state index < -0.39 is 0 Å². The number of piperazine rings is 1. The van der Waals surface area contributed by atoms with Gasteiger partial charge in [0.15, 0.2) is 0 Å². The van der Waals surface area contributed by atoms with Gasteiger partial charge < -0.3 is 4.90 Å². The Kier molecular flexibility index (Phi) is 4.77. The molecule has 1 unspecified atom stereocenters. The molecule has 3 nitrogen and oxygen atoms in total. The molecule has 1 aliphatic heterocycles. The van der Waals surface area contributed by atoms with Crippen molar-refractivity contribution in [1.29, 1.82) is 0 Å². The first-order valence-corrected chi connectivity index (χ1v) is 8.30. The van der Waals surface area contributed by atoms with E-state index in [9.17, 15) is 4.79 Å². The molecule has 1 aliphatic rings. The summed E-state index contributed by atoms with van der Waals surface area (Å²) in [6.45, 7) is 7.69. The van der Waals surface area contributed by atoms with Gasteiger partial charge in [-0.3, -0.25) is 9.69 Å². The van der Waals surface area contributed by atoms with Crippen LogP contribution in [0.4, 0.5) is 0 Å². The molecule has 1 atom stereocenters. The molecule has 120 valence electrons. The maximum atomic E-state index is 12.7. The molecule has 3 heteroatoms. The molecular weight excluding hydrogens is 284 g/mol. The second-order valence-electron chi connectivity index (χ2n) is 6.23. The van der Waals surface area contributed by atoms with Gasteiger partial charge >= 0.3 is 0 Å². The Morgan fingerprint density at radius 3 is 2.17 bits per heavy atom. The number of benzene rings is 2. The standard InChI is InChI=1S/C20H24N2O/c1-16-8-6-7-11-19(16)20(23)22-14-12-21(13-15-22)17(2)18-9-4-3-5-10-18/h3-11,17H,12-15H2,1-2H3. The van der Waals surface area contributed by atoms with Crippen LogP contribution in [0.5, 0.6) is 0 Å². The van der Waals surface area contributed by atoms with Gasteiger partial charge in [0.1, 0.15) is 0 Å². The highest BCUT2D eigenvalue weighted by molar-refractivity contribution is 5.95. The molecule has 1 saturated heterocycles. The average Bonchev–Trinajstić information content (AvgIpc) is 2.62. The minimum absolute atomic E-state index is 0.162. The number of nitrogens with zero attached hydrogens (tertiary/aromatic N) is 2. The van der Waals surface area contributed by atoms with Gasteiger partial charge in [0.2, 0.25) is 0 Å². The van der Waals surface area contributed by atoms with Gasteiger partial charge in [-0.05, 0) is 31.0 Å². The SMILES string of the molecule is Cc1ccccc1C(=O)N1CCN(C(C)c2ccccc2)CC1. The van der Waals surface area contributed by atoms with Crippen LogP contribution in [0.2, 0.25) is 0 Å². The molecule has 0 saturated carbocycles. The fraction of sp³-hybridized carbons (Fsp3) is 0.350. The Hall–Kier alpha value is -2.13. The first-order chi connectivity index (χ1) is 11.2. The fourth-order valence-electron chi connectivity index (χ4n) is 3.24. The van der Waals surface area contributed by atoms with Gasteiger partial charge in [0, 0.05) is 37.8 Å². The molecule has 0 radical (unpaired) electrons. The molecule has 0 aliphatic carbocycles. The van der Waals surface area contributed by atoms with Crippen molar-refractivity contribution in [2.45, 2.75) is 19.9 Å². The predicted octanol–water partition coefficient (Wildman–Crippen LogP) is 3.51. The van der Waals surface area contributed by atoms with Gasteiger partial charge in [-0.25, -0.2) is 0 Å². The number of amides is 1. The summed E-state index contributed by atoms with van der Waals surface area (Å²) in [5, 5.41) is 0. The van der Waals surface area contributed by atoms with E-state index in [0.29, 0.717) is 6.04 Å². The van der Waals surface area contributed by atoms with E-state index in [0.717, 1.165) is 37.3 Å². The Morgan fingerprint density at radius 2 is 1.52 bits per heavy atom. The number of hydrogen-bond acceptors (Lipinski definition) is 2. The summed E-state index contributed by atoms with van der Waals surface area (Å²) in [7, 11) is 0. The maximum Gasteiger partial charge on any atom is 0.254 e. The summed E-state index contributed by atoms with van der Waals surface area (Å²) in [4.78, 5) is 17.1. The molecule has 0 aromatic heterocycles. The molecule has 1 amide bonds. The molecule has 3 rings (SSSR count). The molecule has 0 N–H and O–H groups in total. The van der Waals surface area contributed by atoms with E-state index in [1.54, 1.807) is 0 Å². The molecule has 1 fully saturated rings. The van der Waals surface area contributed by atoms with Crippen molar-refractivity contribution in [2.24, 2.45) is 0 Å². The summed E-state index contributed by atoms with van der Waals surface area (Å²) >= 11 is 0. The smallest absolute Gasteiger partial charge is 0.254 e. The van der Waals surface area contributed by atoms with Crippen LogP contribution < -0.4 is 0 Å². The first kappa shape index (κ1) is 15.8. The highest BCUT2D eigenvalue weighted by atomic mass is 16.2. The second kappa shape index (κ2) is 6.97. The zero-order valence-corrected chi connectivity index (χ0v) is 13.9. The van der Waals surface area contributed by atoms with Crippen molar-refractivity contribution in [1.82, 2.24) is 9.80 Å². The average molecular weight is 308 g/mol. The van der Waals surface area contributed by atoms with Crippen molar-refractivity contribution in [3.8, 4) is 0 Å². The molecule has 2 aromatic rings. The number of rotatable bonds is 3. The fourth-order valence-corrected chi connectivity index (χ4v) is 3.24. The lowest BCUT2D eigenvalue weighted by molar-refractivity contribution is 0.0581. The number of hydrogen-bond donors (Lipinski definition) is 0. The third-order valence-electron chi connectivity index (χ3n) is 4.81.